The van der Waals surface area contributed by atoms with Gasteiger partial charge in [0.15, 0.2) is 0 Å². The molecule has 2 N–H and O–H groups in total. The van der Waals surface area contributed by atoms with E-state index in [0.29, 0.717) is 18.2 Å². The van der Waals surface area contributed by atoms with Gasteiger partial charge < -0.3 is 15.4 Å². The normalized spacial score (nSPS) is 16.7. The van der Waals surface area contributed by atoms with E-state index in [0.717, 1.165) is 36.0 Å². The second-order valence-corrected chi connectivity index (χ2v) is 6.70. The van der Waals surface area contributed by atoms with Crippen molar-refractivity contribution in [3.8, 4) is 0 Å². The highest BCUT2D eigenvalue weighted by molar-refractivity contribution is 9.10. The van der Waals surface area contributed by atoms with Gasteiger partial charge in [-0.05, 0) is 43.6 Å². The molecule has 1 heterocycles. The fraction of sp³-hybridized carbons (Fsp3) is 0.533. The van der Waals surface area contributed by atoms with Gasteiger partial charge in [0.25, 0.3) is 0 Å². The van der Waals surface area contributed by atoms with Crippen LogP contribution in [0.5, 0.6) is 0 Å². The van der Waals surface area contributed by atoms with Crippen LogP contribution in [0.1, 0.15) is 18.4 Å². The summed E-state index contributed by atoms with van der Waals surface area (Å²) in [6.45, 7) is 2.57. The summed E-state index contributed by atoms with van der Waals surface area (Å²) in [4.78, 5) is 12.6. The molecular weight excluding hydrogens is 391 g/mol. The molecule has 4 nitrogen and oxygen atoms in total. The maximum Gasteiger partial charge on any atom is 0.228 e. The molecule has 0 bridgehead atoms. The molecule has 0 aliphatic carbocycles. The zero-order chi connectivity index (χ0) is 15.3. The van der Waals surface area contributed by atoms with Crippen molar-refractivity contribution in [2.24, 2.45) is 5.41 Å². The van der Waals surface area contributed by atoms with Gasteiger partial charge in [0.2, 0.25) is 5.91 Å². The van der Waals surface area contributed by atoms with E-state index in [1.54, 1.807) is 7.11 Å². The number of rotatable bonds is 5. The number of halogens is 3. The van der Waals surface area contributed by atoms with Gasteiger partial charge in [0, 0.05) is 23.1 Å². The third kappa shape index (κ3) is 4.83. The first-order valence-electron chi connectivity index (χ1n) is 6.99. The first-order valence-corrected chi connectivity index (χ1v) is 8.16. The van der Waals surface area contributed by atoms with Crippen LogP contribution in [0.3, 0.4) is 0 Å². The minimum absolute atomic E-state index is 0. The first kappa shape index (κ1) is 19.7. The van der Waals surface area contributed by atoms with Crippen LogP contribution in [0.4, 0.5) is 0 Å². The van der Waals surface area contributed by atoms with Gasteiger partial charge in [-0.1, -0.05) is 33.6 Å². The SMILES string of the molecule is COCC1(C(=O)NCc2ccc(Br)cc2Cl)CCNCC1.Cl. The molecule has 1 saturated heterocycles. The van der Waals surface area contributed by atoms with Gasteiger partial charge in [-0.3, -0.25) is 4.79 Å². The molecule has 1 aromatic carbocycles. The quantitative estimate of drug-likeness (QED) is 0.782. The monoisotopic (exact) mass is 410 g/mol. The second-order valence-electron chi connectivity index (χ2n) is 5.38. The smallest absolute Gasteiger partial charge is 0.228 e. The zero-order valence-electron chi connectivity index (χ0n) is 12.5. The number of ether oxygens (including phenoxy) is 1. The highest BCUT2D eigenvalue weighted by Gasteiger charge is 2.39. The molecule has 1 amide bonds. The van der Waals surface area contributed by atoms with Crippen molar-refractivity contribution in [2.75, 3.05) is 26.8 Å². The summed E-state index contributed by atoms with van der Waals surface area (Å²) >= 11 is 9.55. The average Bonchev–Trinajstić information content (AvgIpc) is 2.47. The van der Waals surface area contributed by atoms with Crippen LogP contribution in [0.15, 0.2) is 22.7 Å². The summed E-state index contributed by atoms with van der Waals surface area (Å²) in [6, 6.07) is 5.67. The van der Waals surface area contributed by atoms with E-state index in [9.17, 15) is 4.79 Å². The van der Waals surface area contributed by atoms with Crippen molar-refractivity contribution in [2.45, 2.75) is 19.4 Å². The minimum Gasteiger partial charge on any atom is -0.384 e. The molecule has 7 heteroatoms. The van der Waals surface area contributed by atoms with E-state index in [4.69, 9.17) is 16.3 Å². The lowest BCUT2D eigenvalue weighted by Gasteiger charge is -2.35. The standard InChI is InChI=1S/C15H20BrClN2O2.ClH/c1-21-10-15(4-6-18-7-5-15)14(20)19-9-11-2-3-12(16)8-13(11)17;/h2-3,8,18H,4-7,9-10H2,1H3,(H,19,20);1H. The molecule has 2 rings (SSSR count). The van der Waals surface area contributed by atoms with Gasteiger partial charge in [0.1, 0.15) is 0 Å². The highest BCUT2D eigenvalue weighted by atomic mass is 79.9. The summed E-state index contributed by atoms with van der Waals surface area (Å²) < 4.78 is 6.20. The number of piperidine rings is 1. The number of carbonyl (C=O) groups excluding carboxylic acids is 1. The van der Waals surface area contributed by atoms with Crippen LogP contribution >= 0.6 is 39.9 Å². The molecule has 0 saturated carbocycles. The van der Waals surface area contributed by atoms with Crippen molar-refractivity contribution >= 4 is 45.8 Å². The number of hydrogen-bond donors (Lipinski definition) is 2. The highest BCUT2D eigenvalue weighted by Crippen LogP contribution is 2.30. The fourth-order valence-electron chi connectivity index (χ4n) is 2.65. The molecular formula is C15H21BrCl2N2O2. The zero-order valence-corrected chi connectivity index (χ0v) is 15.6. The Morgan fingerprint density at radius 1 is 1.45 bits per heavy atom. The van der Waals surface area contributed by atoms with Crippen LogP contribution in [0.2, 0.25) is 5.02 Å². The van der Waals surface area contributed by atoms with Crippen molar-refractivity contribution in [3.05, 3.63) is 33.3 Å². The molecule has 1 aliphatic rings. The van der Waals surface area contributed by atoms with E-state index in [-0.39, 0.29) is 18.3 Å². The van der Waals surface area contributed by atoms with Crippen LogP contribution in [0.25, 0.3) is 0 Å². The number of methoxy groups -OCH3 is 1. The van der Waals surface area contributed by atoms with E-state index in [2.05, 4.69) is 26.6 Å². The van der Waals surface area contributed by atoms with Crippen molar-refractivity contribution in [3.63, 3.8) is 0 Å². The Morgan fingerprint density at radius 3 is 2.73 bits per heavy atom. The van der Waals surface area contributed by atoms with E-state index in [1.165, 1.54) is 0 Å². The average molecular weight is 412 g/mol. The molecule has 22 heavy (non-hydrogen) atoms. The maximum atomic E-state index is 12.6. The second kappa shape index (κ2) is 9.08. The Morgan fingerprint density at radius 2 is 2.14 bits per heavy atom. The lowest BCUT2D eigenvalue weighted by molar-refractivity contribution is -0.136. The lowest BCUT2D eigenvalue weighted by Crippen LogP contribution is -2.50. The number of nitrogens with one attached hydrogen (secondary N) is 2. The molecule has 1 aromatic rings. The molecule has 1 aliphatic heterocycles. The Balaban J connectivity index is 0.00000242. The third-order valence-corrected chi connectivity index (χ3v) is 4.76. The predicted octanol–water partition coefficient (Wildman–Crippen LogP) is 3.16. The minimum atomic E-state index is -0.429. The van der Waals surface area contributed by atoms with Crippen molar-refractivity contribution in [1.29, 1.82) is 0 Å². The van der Waals surface area contributed by atoms with Gasteiger partial charge in [0.05, 0.1) is 12.0 Å². The van der Waals surface area contributed by atoms with Crippen LogP contribution in [-0.2, 0) is 16.1 Å². The molecule has 1 fully saturated rings. The summed E-state index contributed by atoms with van der Waals surface area (Å²) in [6.07, 6.45) is 1.58. The van der Waals surface area contributed by atoms with Gasteiger partial charge in [-0.25, -0.2) is 0 Å². The predicted molar refractivity (Wildman–Crippen MR) is 94.7 cm³/mol. The Kier molecular flexibility index (Phi) is 8.14. The maximum absolute atomic E-state index is 12.6. The van der Waals surface area contributed by atoms with Crippen LogP contribution < -0.4 is 10.6 Å². The summed E-state index contributed by atoms with van der Waals surface area (Å²) in [5, 5.41) is 6.94. The van der Waals surface area contributed by atoms with Gasteiger partial charge >= 0.3 is 0 Å². The van der Waals surface area contributed by atoms with Crippen LogP contribution in [-0.4, -0.2) is 32.7 Å². The number of benzene rings is 1. The van der Waals surface area contributed by atoms with Crippen molar-refractivity contribution < 1.29 is 9.53 Å². The lowest BCUT2D eigenvalue weighted by atomic mass is 9.78. The molecule has 0 spiro atoms. The first-order chi connectivity index (χ1) is 10.1. The third-order valence-electron chi connectivity index (χ3n) is 3.92. The largest absolute Gasteiger partial charge is 0.384 e. The summed E-state index contributed by atoms with van der Waals surface area (Å²) in [5.74, 6) is 0.0461. The van der Waals surface area contributed by atoms with E-state index >= 15 is 0 Å². The molecule has 0 unspecified atom stereocenters. The van der Waals surface area contributed by atoms with E-state index in [1.807, 2.05) is 18.2 Å². The molecule has 0 radical (unpaired) electrons. The summed E-state index contributed by atoms with van der Waals surface area (Å²) in [7, 11) is 1.64. The summed E-state index contributed by atoms with van der Waals surface area (Å²) in [5.41, 5.74) is 0.483. The van der Waals surface area contributed by atoms with Crippen molar-refractivity contribution in [1.82, 2.24) is 10.6 Å². The van der Waals surface area contributed by atoms with Gasteiger partial charge in [-0.2, -0.15) is 0 Å². The Labute approximate surface area is 150 Å². The molecule has 0 atom stereocenters. The fourth-order valence-corrected chi connectivity index (χ4v) is 3.39. The Hall–Kier alpha value is -0.330. The number of amides is 1. The van der Waals surface area contributed by atoms with Gasteiger partial charge in [-0.15, -0.1) is 12.4 Å². The van der Waals surface area contributed by atoms with E-state index < -0.39 is 5.41 Å². The van der Waals surface area contributed by atoms with Crippen LogP contribution in [0, 0.1) is 5.41 Å². The number of hydrogen-bond acceptors (Lipinski definition) is 3. The topological polar surface area (TPSA) is 50.4 Å². The molecule has 0 aromatic heterocycles. The number of carbonyl (C=O) groups is 1. The molecule has 124 valence electrons. The Bertz CT molecular complexity index is 503.